The Morgan fingerprint density at radius 2 is 1.94 bits per heavy atom. The molecule has 1 unspecified atom stereocenters. The molecule has 2 amide bonds. The molecule has 1 N–H and O–H groups in total. The van der Waals surface area contributed by atoms with Crippen molar-refractivity contribution < 1.29 is 37.4 Å². The smallest absolute Gasteiger partial charge is 0.418 e. The lowest BCUT2D eigenvalue weighted by Crippen LogP contribution is -2.47. The van der Waals surface area contributed by atoms with Gasteiger partial charge in [-0.15, -0.1) is 0 Å². The van der Waals surface area contributed by atoms with Gasteiger partial charge in [-0.1, -0.05) is 49.1 Å². The number of aliphatic imine (C=N–C) groups is 1. The number of hydrogen-bond acceptors (Lipinski definition) is 9. The Balaban J connectivity index is 1.80. The second-order valence-corrected chi connectivity index (χ2v) is 21.5. The number of anilines is 1. The maximum absolute atomic E-state index is 15.9. The van der Waals surface area contributed by atoms with Crippen molar-refractivity contribution >= 4 is 60.3 Å². The van der Waals surface area contributed by atoms with Crippen LogP contribution in [0.4, 0.5) is 19.3 Å². The van der Waals surface area contributed by atoms with Crippen LogP contribution >= 0.6 is 23.4 Å². The summed E-state index contributed by atoms with van der Waals surface area (Å²) in [5, 5.41) is 3.07. The minimum absolute atomic E-state index is 0.0429. The fourth-order valence-corrected chi connectivity index (χ4v) is 7.62. The van der Waals surface area contributed by atoms with Gasteiger partial charge >= 0.3 is 12.1 Å². The minimum Gasteiger partial charge on any atom is -0.463 e. The minimum atomic E-state index is -1.85. The number of fused-ring (bicyclic) bond motifs is 1. The number of aromatic nitrogens is 1. The molecule has 0 radical (unpaired) electrons. The Morgan fingerprint density at radius 3 is 2.55 bits per heavy atom. The summed E-state index contributed by atoms with van der Waals surface area (Å²) in [6.45, 7) is 12.5. The number of rotatable bonds is 12. The first-order chi connectivity index (χ1) is 22.9. The molecule has 0 saturated heterocycles. The number of carbonyl (C=O) groups excluding carboxylic acids is 3. The number of nitrogens with zero attached hydrogens (tertiary/aromatic N) is 3. The number of hydrogen-bond donors (Lipinski definition) is 1. The highest BCUT2D eigenvalue weighted by Gasteiger charge is 2.68. The van der Waals surface area contributed by atoms with Gasteiger partial charge in [-0.05, 0) is 70.5 Å². The van der Waals surface area contributed by atoms with E-state index in [4.69, 9.17) is 30.8 Å². The third kappa shape index (κ3) is 9.68. The molecular formula is C34H43ClF2N4O6SSi. The highest BCUT2D eigenvalue weighted by Crippen LogP contribution is 2.67. The third-order valence-corrected chi connectivity index (χ3v) is 11.2. The summed E-state index contributed by atoms with van der Waals surface area (Å²) in [7, 11) is -1.48. The zero-order valence-corrected chi connectivity index (χ0v) is 31.3. The lowest BCUT2D eigenvalue weighted by molar-refractivity contribution is -0.137. The third-order valence-electron chi connectivity index (χ3n) is 7.81. The summed E-state index contributed by atoms with van der Waals surface area (Å²) >= 11 is 7.06. The van der Waals surface area contributed by atoms with Crippen molar-refractivity contribution in [2.24, 2.45) is 10.9 Å². The summed E-state index contributed by atoms with van der Waals surface area (Å²) in [4.78, 5) is 49.0. The predicted molar refractivity (Wildman–Crippen MR) is 190 cm³/mol. The molecule has 15 heteroatoms. The Labute approximate surface area is 296 Å². The summed E-state index contributed by atoms with van der Waals surface area (Å²) in [5.74, 6) is -2.57. The number of esters is 1. The van der Waals surface area contributed by atoms with Crippen LogP contribution in [0.15, 0.2) is 53.7 Å². The molecule has 10 nitrogen and oxygen atoms in total. The molecule has 2 aromatic rings. The fourth-order valence-electron chi connectivity index (χ4n) is 5.24. The molecule has 1 fully saturated rings. The van der Waals surface area contributed by atoms with Gasteiger partial charge in [-0.3, -0.25) is 4.79 Å². The number of ether oxygens (including phenoxy) is 3. The van der Waals surface area contributed by atoms with Crippen LogP contribution in [0.2, 0.25) is 30.7 Å². The molecular weight excluding hydrogens is 694 g/mol. The molecule has 2 heterocycles. The predicted octanol–water partition coefficient (Wildman–Crippen LogP) is 7.82. The SMILES string of the molecule is CCOC(=O)/C=C/[C@]12CC1[C@@](CF)(c1cc(NC(=O)c3ccc(Cl)cn3)ccc1F)N=C(N(COCC[Si](C)(C)C)C(=O)OC(C)(C)C)S2. The van der Waals surface area contributed by atoms with Gasteiger partial charge in [0.15, 0.2) is 5.17 Å². The number of nitrogens with one attached hydrogen (secondary N) is 1. The van der Waals surface area contributed by atoms with Gasteiger partial charge < -0.3 is 19.5 Å². The largest absolute Gasteiger partial charge is 0.463 e. The van der Waals surface area contributed by atoms with Crippen molar-refractivity contribution in [2.45, 2.75) is 75.7 Å². The standard InChI is InChI=1S/C34H43ClF2N4O6SSi/c1-8-46-28(42)13-14-33-18-27(33)34(20-36,24-17-23(10-11-25(24)37)39-29(43)26-12-9-22(35)19-38-26)40-30(48-33)41(31(44)47-32(2,3)4)21-45-15-16-49(5,6)7/h9-14,17,19,27H,8,15-16,18,20-21H2,1-7H3,(H,39,43)/b14-13+/t27?,33-,34+/m0/s1. The topological polar surface area (TPSA) is 119 Å². The highest BCUT2D eigenvalue weighted by molar-refractivity contribution is 8.15. The molecule has 1 saturated carbocycles. The van der Waals surface area contributed by atoms with Gasteiger partial charge in [0.2, 0.25) is 0 Å². The average Bonchev–Trinajstić information content (AvgIpc) is 3.75. The molecule has 0 spiro atoms. The van der Waals surface area contributed by atoms with E-state index in [1.807, 2.05) is 0 Å². The zero-order valence-electron chi connectivity index (χ0n) is 28.8. The lowest BCUT2D eigenvalue weighted by atomic mass is 9.84. The van der Waals surface area contributed by atoms with Gasteiger partial charge in [-0.25, -0.2) is 33.2 Å². The molecule has 1 aromatic heterocycles. The van der Waals surface area contributed by atoms with Gasteiger partial charge in [0.1, 0.15) is 36.1 Å². The second-order valence-electron chi connectivity index (χ2n) is 14.1. The Hall–Kier alpha value is -3.33. The number of alkyl halides is 1. The molecule has 1 aliphatic carbocycles. The van der Waals surface area contributed by atoms with Gasteiger partial charge in [0.05, 0.1) is 11.6 Å². The van der Waals surface area contributed by atoms with E-state index >= 15 is 8.78 Å². The van der Waals surface area contributed by atoms with E-state index in [9.17, 15) is 14.4 Å². The molecule has 4 rings (SSSR count). The maximum atomic E-state index is 15.9. The normalized spacial score (nSPS) is 21.8. The van der Waals surface area contributed by atoms with Crippen LogP contribution in [0, 0.1) is 11.7 Å². The van der Waals surface area contributed by atoms with Gasteiger partial charge in [0.25, 0.3) is 5.91 Å². The lowest BCUT2D eigenvalue weighted by Gasteiger charge is -2.38. The molecule has 266 valence electrons. The van der Waals surface area contributed by atoms with Crippen molar-refractivity contribution in [3.8, 4) is 0 Å². The van der Waals surface area contributed by atoms with E-state index in [1.165, 1.54) is 41.4 Å². The van der Waals surface area contributed by atoms with E-state index in [1.54, 1.807) is 33.8 Å². The Morgan fingerprint density at radius 1 is 1.20 bits per heavy atom. The Bertz CT molecular complexity index is 1620. The zero-order chi connectivity index (χ0) is 36.2. The average molecular weight is 737 g/mol. The maximum Gasteiger partial charge on any atom is 0.418 e. The second kappa shape index (κ2) is 15.3. The van der Waals surface area contributed by atoms with Crippen molar-refractivity contribution in [3.05, 3.63) is 70.8 Å². The number of carbonyl (C=O) groups is 3. The highest BCUT2D eigenvalue weighted by atomic mass is 35.5. The summed E-state index contributed by atoms with van der Waals surface area (Å²) in [6.07, 6.45) is 3.71. The van der Waals surface area contributed by atoms with Crippen molar-refractivity contribution in [3.63, 3.8) is 0 Å². The van der Waals surface area contributed by atoms with E-state index in [-0.39, 0.29) is 35.5 Å². The molecule has 1 aliphatic heterocycles. The van der Waals surface area contributed by atoms with Crippen molar-refractivity contribution in [1.82, 2.24) is 9.88 Å². The van der Waals surface area contributed by atoms with Gasteiger partial charge in [0, 0.05) is 48.9 Å². The van der Waals surface area contributed by atoms with Crippen LogP contribution < -0.4 is 5.32 Å². The van der Waals surface area contributed by atoms with Gasteiger partial charge in [-0.2, -0.15) is 0 Å². The van der Waals surface area contributed by atoms with Crippen LogP contribution in [0.3, 0.4) is 0 Å². The number of benzene rings is 1. The molecule has 49 heavy (non-hydrogen) atoms. The number of amidine groups is 1. The first-order valence-corrected chi connectivity index (χ1v) is 20.8. The van der Waals surface area contributed by atoms with E-state index < -0.39 is 60.3 Å². The number of amides is 2. The van der Waals surface area contributed by atoms with Crippen molar-refractivity contribution in [2.75, 3.05) is 31.9 Å². The van der Waals surface area contributed by atoms with Crippen LogP contribution in [0.1, 0.15) is 50.2 Å². The number of halogens is 3. The quantitative estimate of drug-likeness (QED) is 0.0771. The molecule has 3 atom stereocenters. The van der Waals surface area contributed by atoms with E-state index in [2.05, 4.69) is 29.9 Å². The van der Waals surface area contributed by atoms with E-state index in [0.717, 1.165) is 23.9 Å². The molecule has 1 aromatic carbocycles. The summed E-state index contributed by atoms with van der Waals surface area (Å²) in [6, 6.07) is 7.58. The van der Waals surface area contributed by atoms with Crippen LogP contribution in [0.25, 0.3) is 0 Å². The first kappa shape index (κ1) is 38.5. The first-order valence-electron chi connectivity index (χ1n) is 15.9. The van der Waals surface area contributed by atoms with Crippen LogP contribution in [0.5, 0.6) is 0 Å². The monoisotopic (exact) mass is 736 g/mol. The number of thioether (sulfide) groups is 1. The fraction of sp³-hybridized carbons (Fsp3) is 0.500. The molecule has 2 aliphatic rings. The summed E-state index contributed by atoms with van der Waals surface area (Å²) < 4.78 is 47.4. The number of pyridine rings is 1. The van der Waals surface area contributed by atoms with E-state index in [0.29, 0.717) is 18.1 Å². The van der Waals surface area contributed by atoms with Crippen molar-refractivity contribution in [1.29, 1.82) is 0 Å². The Kier molecular flexibility index (Phi) is 12.0. The summed E-state index contributed by atoms with van der Waals surface area (Å²) in [5.41, 5.74) is -2.62. The van der Waals surface area contributed by atoms with Crippen LogP contribution in [-0.2, 0) is 24.5 Å². The van der Waals surface area contributed by atoms with Crippen LogP contribution in [-0.4, -0.2) is 78.1 Å². The molecule has 0 bridgehead atoms.